The first-order valence-electron chi connectivity index (χ1n) is 7.44. The molecule has 2 amide bonds. The first-order chi connectivity index (χ1) is 10.5. The molecule has 1 aliphatic rings. The Morgan fingerprint density at radius 2 is 2.13 bits per heavy atom. The average molecular weight is 342 g/mol. The van der Waals surface area contributed by atoms with E-state index in [1.54, 1.807) is 32.3 Å². The number of anilines is 1. The van der Waals surface area contributed by atoms with Crippen molar-refractivity contribution in [3.8, 4) is 5.75 Å². The molecule has 1 aromatic carbocycles. The lowest BCUT2D eigenvalue weighted by Gasteiger charge is -2.15. The van der Waals surface area contributed by atoms with Gasteiger partial charge in [-0.3, -0.25) is 9.59 Å². The van der Waals surface area contributed by atoms with Gasteiger partial charge in [0.05, 0.1) is 12.8 Å². The number of nitrogens with one attached hydrogen (secondary N) is 2. The van der Waals surface area contributed by atoms with Crippen molar-refractivity contribution in [3.63, 3.8) is 0 Å². The molecule has 0 aliphatic carbocycles. The molecule has 2 rings (SSSR count). The normalized spacial score (nSPS) is 16.4. The highest BCUT2D eigenvalue weighted by Gasteiger charge is 2.19. The Hall–Kier alpha value is -1.79. The fraction of sp³-hybridized carbons (Fsp3) is 0.500. The molecule has 0 spiro atoms. The minimum Gasteiger partial charge on any atom is -0.495 e. The van der Waals surface area contributed by atoms with E-state index >= 15 is 0 Å². The van der Waals surface area contributed by atoms with Crippen LogP contribution < -0.4 is 15.4 Å². The summed E-state index contributed by atoms with van der Waals surface area (Å²) in [6.45, 7) is 0.975. The minimum absolute atomic E-state index is 0. The standard InChI is InChI=1S/C16H23N3O3.ClH/c1-19(2)16(21)11-6-7-13(14(9-11)22-3)18-15(20)10-12-5-4-8-17-12;/h6-7,9,12,17H,4-5,8,10H2,1-3H3,(H,18,20);1H. The molecule has 6 nitrogen and oxygen atoms in total. The smallest absolute Gasteiger partial charge is 0.253 e. The van der Waals surface area contributed by atoms with Gasteiger partial charge in [0.25, 0.3) is 5.91 Å². The second-order valence-electron chi connectivity index (χ2n) is 5.66. The summed E-state index contributed by atoms with van der Waals surface area (Å²) >= 11 is 0. The third-order valence-corrected chi connectivity index (χ3v) is 3.72. The van der Waals surface area contributed by atoms with E-state index in [-0.39, 0.29) is 30.3 Å². The topological polar surface area (TPSA) is 70.7 Å². The zero-order valence-electron chi connectivity index (χ0n) is 13.7. The number of halogens is 1. The van der Waals surface area contributed by atoms with Crippen molar-refractivity contribution in [1.82, 2.24) is 10.2 Å². The molecular weight excluding hydrogens is 318 g/mol. The molecule has 0 saturated carbocycles. The van der Waals surface area contributed by atoms with Crippen molar-refractivity contribution < 1.29 is 14.3 Å². The number of rotatable bonds is 5. The molecule has 1 aliphatic heterocycles. The molecule has 1 atom stereocenters. The minimum atomic E-state index is -0.105. The molecule has 7 heteroatoms. The van der Waals surface area contributed by atoms with Crippen molar-refractivity contribution >= 4 is 29.9 Å². The molecule has 0 aromatic heterocycles. The summed E-state index contributed by atoms with van der Waals surface area (Å²) in [4.78, 5) is 25.5. The van der Waals surface area contributed by atoms with Crippen molar-refractivity contribution in [2.45, 2.75) is 25.3 Å². The van der Waals surface area contributed by atoms with Gasteiger partial charge in [0.1, 0.15) is 5.75 Å². The predicted molar refractivity (Wildman–Crippen MR) is 92.5 cm³/mol. The van der Waals surface area contributed by atoms with E-state index in [1.807, 2.05) is 0 Å². The molecule has 128 valence electrons. The van der Waals surface area contributed by atoms with Gasteiger partial charge in [-0.1, -0.05) is 0 Å². The average Bonchev–Trinajstić information content (AvgIpc) is 2.99. The van der Waals surface area contributed by atoms with Gasteiger partial charge in [-0.15, -0.1) is 12.4 Å². The summed E-state index contributed by atoms with van der Waals surface area (Å²) < 4.78 is 5.29. The van der Waals surface area contributed by atoms with Crippen LogP contribution in [-0.4, -0.2) is 50.5 Å². The molecule has 1 unspecified atom stereocenters. The number of hydrogen-bond acceptors (Lipinski definition) is 4. The second-order valence-corrected chi connectivity index (χ2v) is 5.66. The van der Waals surface area contributed by atoms with E-state index in [2.05, 4.69) is 10.6 Å². The lowest BCUT2D eigenvalue weighted by Crippen LogP contribution is -2.27. The summed E-state index contributed by atoms with van der Waals surface area (Å²) in [6.07, 6.45) is 2.59. The molecule has 1 saturated heterocycles. The van der Waals surface area contributed by atoms with Crippen LogP contribution in [0.2, 0.25) is 0 Å². The summed E-state index contributed by atoms with van der Waals surface area (Å²) in [6, 6.07) is 5.29. The highest BCUT2D eigenvalue weighted by molar-refractivity contribution is 5.97. The van der Waals surface area contributed by atoms with Gasteiger partial charge in [-0.2, -0.15) is 0 Å². The van der Waals surface area contributed by atoms with Crippen LogP contribution >= 0.6 is 12.4 Å². The maximum atomic E-state index is 12.1. The number of methoxy groups -OCH3 is 1. The Balaban J connectivity index is 0.00000264. The number of nitrogens with zero attached hydrogens (tertiary/aromatic N) is 1. The SMILES string of the molecule is COc1cc(C(=O)N(C)C)ccc1NC(=O)CC1CCCN1.Cl. The number of carbonyl (C=O) groups excluding carboxylic acids is 2. The van der Waals surface area contributed by atoms with E-state index in [1.165, 1.54) is 12.0 Å². The maximum Gasteiger partial charge on any atom is 0.253 e. The van der Waals surface area contributed by atoms with Gasteiger partial charge in [-0.05, 0) is 37.6 Å². The highest BCUT2D eigenvalue weighted by Crippen LogP contribution is 2.26. The van der Waals surface area contributed by atoms with Gasteiger partial charge in [0, 0.05) is 32.1 Å². The summed E-state index contributed by atoms with van der Waals surface area (Å²) in [5.41, 5.74) is 1.11. The molecular formula is C16H24ClN3O3. The van der Waals surface area contributed by atoms with Crippen LogP contribution in [0.15, 0.2) is 18.2 Å². The third kappa shape index (κ3) is 5.11. The van der Waals surface area contributed by atoms with Gasteiger partial charge in [0.15, 0.2) is 0 Å². The lowest BCUT2D eigenvalue weighted by atomic mass is 10.1. The fourth-order valence-corrected chi connectivity index (χ4v) is 2.54. The van der Waals surface area contributed by atoms with E-state index in [4.69, 9.17) is 4.74 Å². The summed E-state index contributed by atoms with van der Waals surface area (Å²) in [5.74, 6) is 0.330. The molecule has 0 bridgehead atoms. The number of carbonyl (C=O) groups is 2. The van der Waals surface area contributed by atoms with Crippen LogP contribution in [0.25, 0.3) is 0 Å². The van der Waals surface area contributed by atoms with Crippen LogP contribution in [0.4, 0.5) is 5.69 Å². The van der Waals surface area contributed by atoms with Crippen molar-refractivity contribution in [2.24, 2.45) is 0 Å². The van der Waals surface area contributed by atoms with E-state index in [9.17, 15) is 9.59 Å². The molecule has 1 fully saturated rings. The maximum absolute atomic E-state index is 12.1. The van der Waals surface area contributed by atoms with Crippen LogP contribution in [0.3, 0.4) is 0 Å². The second kappa shape index (κ2) is 8.74. The van der Waals surface area contributed by atoms with E-state index < -0.39 is 0 Å². The number of benzene rings is 1. The molecule has 0 radical (unpaired) electrons. The van der Waals surface area contributed by atoms with Gasteiger partial charge in [-0.25, -0.2) is 0 Å². The van der Waals surface area contributed by atoms with E-state index in [0.717, 1.165) is 19.4 Å². The first kappa shape index (κ1) is 19.3. The zero-order chi connectivity index (χ0) is 16.1. The molecule has 2 N–H and O–H groups in total. The monoisotopic (exact) mass is 341 g/mol. The Morgan fingerprint density at radius 1 is 1.39 bits per heavy atom. The van der Waals surface area contributed by atoms with Crippen LogP contribution in [-0.2, 0) is 4.79 Å². The Bertz CT molecular complexity index is 558. The first-order valence-corrected chi connectivity index (χ1v) is 7.44. The Morgan fingerprint density at radius 3 is 2.70 bits per heavy atom. The predicted octanol–water partition coefficient (Wildman–Crippen LogP) is 1.90. The van der Waals surface area contributed by atoms with Crippen molar-refractivity contribution in [2.75, 3.05) is 33.1 Å². The van der Waals surface area contributed by atoms with Crippen molar-refractivity contribution in [1.29, 1.82) is 0 Å². The van der Waals surface area contributed by atoms with Gasteiger partial charge in [0.2, 0.25) is 5.91 Å². The van der Waals surface area contributed by atoms with E-state index in [0.29, 0.717) is 23.4 Å². The van der Waals surface area contributed by atoms with Gasteiger partial charge < -0.3 is 20.3 Å². The van der Waals surface area contributed by atoms with Gasteiger partial charge >= 0.3 is 0 Å². The molecule has 1 heterocycles. The van der Waals surface area contributed by atoms with Crippen LogP contribution in [0.1, 0.15) is 29.6 Å². The van der Waals surface area contributed by atoms with Crippen LogP contribution in [0.5, 0.6) is 5.75 Å². The quantitative estimate of drug-likeness (QED) is 0.858. The Kier molecular flexibility index (Phi) is 7.32. The molecule has 1 aromatic rings. The summed E-state index contributed by atoms with van der Waals surface area (Å²) in [5, 5.41) is 6.15. The lowest BCUT2D eigenvalue weighted by molar-refractivity contribution is -0.116. The number of hydrogen-bond donors (Lipinski definition) is 2. The van der Waals surface area contributed by atoms with Crippen molar-refractivity contribution in [3.05, 3.63) is 23.8 Å². The molecule has 23 heavy (non-hydrogen) atoms. The number of ether oxygens (including phenoxy) is 1. The zero-order valence-corrected chi connectivity index (χ0v) is 14.5. The third-order valence-electron chi connectivity index (χ3n) is 3.72. The highest BCUT2D eigenvalue weighted by atomic mass is 35.5. The number of amides is 2. The largest absolute Gasteiger partial charge is 0.495 e. The summed E-state index contributed by atoms with van der Waals surface area (Å²) in [7, 11) is 4.91. The fourth-order valence-electron chi connectivity index (χ4n) is 2.54. The van der Waals surface area contributed by atoms with Crippen LogP contribution in [0, 0.1) is 0 Å². The Labute approximate surface area is 143 Å².